The van der Waals surface area contributed by atoms with Gasteiger partial charge in [-0.15, -0.1) is 11.8 Å². The Morgan fingerprint density at radius 1 is 1.19 bits per heavy atom. The molecule has 0 bridgehead atoms. The van der Waals surface area contributed by atoms with Crippen LogP contribution in [0.3, 0.4) is 0 Å². The van der Waals surface area contributed by atoms with E-state index in [-0.39, 0.29) is 17.2 Å². The number of amides is 2. The lowest BCUT2D eigenvalue weighted by molar-refractivity contribution is -0.124. The van der Waals surface area contributed by atoms with Gasteiger partial charge in [-0.1, -0.05) is 24.6 Å². The molecule has 0 aliphatic carbocycles. The number of carbonyl (C=O) groups excluding carboxylic acids is 2. The topological polar surface area (TPSA) is 65.8 Å². The number of hydrogen-bond acceptors (Lipinski definition) is 5. The third-order valence-electron chi connectivity index (χ3n) is 6.25. The first-order valence-electron chi connectivity index (χ1n) is 11.2. The van der Waals surface area contributed by atoms with Gasteiger partial charge < -0.3 is 19.5 Å². The summed E-state index contributed by atoms with van der Waals surface area (Å²) in [5.74, 6) is 0.372. The molecule has 3 unspecified atom stereocenters. The fraction of sp³-hybridized carbons (Fsp3) is 0.500. The molecular weight excluding hydrogens is 410 g/mol. The SMILES string of the molecule is CC1CCCCN1CCCNC(=O)C1CSC(c2ccoc2)N1C(=O)c1ccccc1. The molecule has 2 aromatic rings. The predicted octanol–water partition coefficient (Wildman–Crippen LogP) is 3.92. The van der Waals surface area contributed by atoms with Gasteiger partial charge in [0.25, 0.3) is 5.91 Å². The molecule has 2 aliphatic heterocycles. The molecule has 0 radical (unpaired) electrons. The monoisotopic (exact) mass is 441 g/mol. The molecule has 1 aromatic heterocycles. The van der Waals surface area contributed by atoms with Crippen LogP contribution in [0.25, 0.3) is 0 Å². The van der Waals surface area contributed by atoms with Gasteiger partial charge in [0.2, 0.25) is 5.91 Å². The van der Waals surface area contributed by atoms with Gasteiger partial charge in [-0.25, -0.2) is 0 Å². The van der Waals surface area contributed by atoms with E-state index in [0.717, 1.165) is 25.1 Å². The molecule has 2 aliphatic rings. The van der Waals surface area contributed by atoms with Crippen molar-refractivity contribution in [3.63, 3.8) is 0 Å². The van der Waals surface area contributed by atoms with Gasteiger partial charge in [-0.05, 0) is 50.9 Å². The van der Waals surface area contributed by atoms with Crippen LogP contribution in [-0.4, -0.2) is 59.1 Å². The van der Waals surface area contributed by atoms with Crippen LogP contribution in [-0.2, 0) is 4.79 Å². The number of nitrogens with zero attached hydrogens (tertiary/aromatic N) is 2. The summed E-state index contributed by atoms with van der Waals surface area (Å²) < 4.78 is 5.25. The maximum Gasteiger partial charge on any atom is 0.255 e. The second-order valence-corrected chi connectivity index (χ2v) is 9.48. The van der Waals surface area contributed by atoms with E-state index in [4.69, 9.17) is 4.42 Å². The van der Waals surface area contributed by atoms with Crippen LogP contribution in [0.15, 0.2) is 53.3 Å². The molecule has 0 spiro atoms. The molecule has 1 aromatic carbocycles. The third-order valence-corrected chi connectivity index (χ3v) is 7.57. The van der Waals surface area contributed by atoms with Crippen molar-refractivity contribution in [3.05, 3.63) is 60.1 Å². The Balaban J connectivity index is 1.39. The molecule has 31 heavy (non-hydrogen) atoms. The first-order chi connectivity index (χ1) is 15.1. The number of rotatable bonds is 7. The molecule has 1 N–H and O–H groups in total. The Labute approximate surface area is 188 Å². The second-order valence-electron chi connectivity index (χ2n) is 8.36. The lowest BCUT2D eigenvalue weighted by Crippen LogP contribution is -2.48. The molecule has 2 fully saturated rings. The molecule has 2 saturated heterocycles. The van der Waals surface area contributed by atoms with Crippen molar-refractivity contribution in [2.24, 2.45) is 0 Å². The van der Waals surface area contributed by atoms with E-state index < -0.39 is 6.04 Å². The summed E-state index contributed by atoms with van der Waals surface area (Å²) >= 11 is 1.61. The summed E-state index contributed by atoms with van der Waals surface area (Å²) in [4.78, 5) is 30.6. The van der Waals surface area contributed by atoms with Crippen molar-refractivity contribution < 1.29 is 14.0 Å². The first-order valence-corrected chi connectivity index (χ1v) is 12.2. The highest BCUT2D eigenvalue weighted by atomic mass is 32.2. The van der Waals surface area contributed by atoms with Crippen LogP contribution in [0, 0.1) is 0 Å². The van der Waals surface area contributed by atoms with Crippen LogP contribution in [0.2, 0.25) is 0 Å². The van der Waals surface area contributed by atoms with Gasteiger partial charge in [0.1, 0.15) is 11.4 Å². The number of nitrogens with one attached hydrogen (secondary N) is 1. The average molecular weight is 442 g/mol. The van der Waals surface area contributed by atoms with E-state index in [1.807, 2.05) is 24.3 Å². The maximum atomic E-state index is 13.3. The standard InChI is InChI=1S/C24H31N3O3S/c1-18-8-5-6-13-26(18)14-7-12-25-22(28)21-17-31-24(20-11-15-30-16-20)27(21)23(29)19-9-3-2-4-10-19/h2-4,9-11,15-16,18,21,24H,5-8,12-14,17H2,1H3,(H,25,28). The van der Waals surface area contributed by atoms with Crippen molar-refractivity contribution >= 4 is 23.6 Å². The van der Waals surface area contributed by atoms with Crippen molar-refractivity contribution in [3.8, 4) is 0 Å². The van der Waals surface area contributed by atoms with Crippen LogP contribution in [0.5, 0.6) is 0 Å². The largest absolute Gasteiger partial charge is 0.472 e. The minimum absolute atomic E-state index is 0.0746. The van der Waals surface area contributed by atoms with Gasteiger partial charge in [0.05, 0.1) is 12.5 Å². The van der Waals surface area contributed by atoms with Crippen LogP contribution in [0.1, 0.15) is 53.9 Å². The second kappa shape index (κ2) is 10.4. The number of furan rings is 1. The fourth-order valence-electron chi connectivity index (χ4n) is 4.46. The highest BCUT2D eigenvalue weighted by molar-refractivity contribution is 7.99. The van der Waals surface area contributed by atoms with Crippen molar-refractivity contribution in [2.45, 2.75) is 50.1 Å². The molecule has 0 saturated carbocycles. The van der Waals surface area contributed by atoms with Crippen LogP contribution >= 0.6 is 11.8 Å². The maximum absolute atomic E-state index is 13.3. The molecule has 166 valence electrons. The number of piperidine rings is 1. The quantitative estimate of drug-likeness (QED) is 0.660. The Morgan fingerprint density at radius 3 is 2.77 bits per heavy atom. The van der Waals surface area contributed by atoms with Gasteiger partial charge in [-0.2, -0.15) is 0 Å². The number of benzene rings is 1. The van der Waals surface area contributed by atoms with E-state index >= 15 is 0 Å². The van der Waals surface area contributed by atoms with E-state index in [0.29, 0.717) is 23.9 Å². The Morgan fingerprint density at radius 2 is 2.03 bits per heavy atom. The van der Waals surface area contributed by atoms with E-state index in [9.17, 15) is 9.59 Å². The smallest absolute Gasteiger partial charge is 0.255 e. The van der Waals surface area contributed by atoms with E-state index in [1.165, 1.54) is 19.3 Å². The number of thioether (sulfide) groups is 1. The summed E-state index contributed by atoms with van der Waals surface area (Å²) in [6.07, 6.45) is 8.03. The molecule has 2 amide bonds. The van der Waals surface area contributed by atoms with Gasteiger partial charge in [-0.3, -0.25) is 9.59 Å². The highest BCUT2D eigenvalue weighted by Gasteiger charge is 2.42. The zero-order valence-electron chi connectivity index (χ0n) is 18.0. The summed E-state index contributed by atoms with van der Waals surface area (Å²) in [6, 6.07) is 11.2. The van der Waals surface area contributed by atoms with Gasteiger partial charge in [0.15, 0.2) is 0 Å². The Hall–Kier alpha value is -2.25. The third kappa shape index (κ3) is 5.15. The number of likely N-dealkylation sites (tertiary alicyclic amines) is 1. The normalized spacial score (nSPS) is 24.3. The average Bonchev–Trinajstić information content (AvgIpc) is 3.47. The molecule has 4 rings (SSSR count). The predicted molar refractivity (Wildman–Crippen MR) is 123 cm³/mol. The van der Waals surface area contributed by atoms with Crippen LogP contribution < -0.4 is 5.32 Å². The van der Waals surface area contributed by atoms with Gasteiger partial charge in [0, 0.05) is 36.0 Å². The zero-order chi connectivity index (χ0) is 21.6. The van der Waals surface area contributed by atoms with E-state index in [2.05, 4.69) is 17.1 Å². The minimum atomic E-state index is -0.494. The Kier molecular flexibility index (Phi) is 7.35. The van der Waals surface area contributed by atoms with Gasteiger partial charge >= 0.3 is 0 Å². The molecule has 3 heterocycles. The highest BCUT2D eigenvalue weighted by Crippen LogP contribution is 2.42. The van der Waals surface area contributed by atoms with Crippen LogP contribution in [0.4, 0.5) is 0 Å². The van der Waals surface area contributed by atoms with Crippen molar-refractivity contribution in [1.82, 2.24) is 15.1 Å². The minimum Gasteiger partial charge on any atom is -0.472 e. The summed E-state index contributed by atoms with van der Waals surface area (Å²) in [5, 5.41) is 2.86. The first kappa shape index (κ1) is 22.0. The van der Waals surface area contributed by atoms with E-state index in [1.54, 1.807) is 41.3 Å². The number of hydrogen-bond donors (Lipinski definition) is 1. The lowest BCUT2D eigenvalue weighted by atomic mass is 10.0. The van der Waals surface area contributed by atoms with Crippen molar-refractivity contribution in [2.75, 3.05) is 25.4 Å². The molecule has 6 nitrogen and oxygen atoms in total. The number of carbonyl (C=O) groups is 2. The molecule has 7 heteroatoms. The molecule has 3 atom stereocenters. The summed E-state index contributed by atoms with van der Waals surface area (Å²) in [6.45, 7) is 5.08. The fourth-order valence-corrected chi connectivity index (χ4v) is 5.87. The summed E-state index contributed by atoms with van der Waals surface area (Å²) in [7, 11) is 0. The molecular formula is C24H31N3O3S. The zero-order valence-corrected chi connectivity index (χ0v) is 18.9. The summed E-state index contributed by atoms with van der Waals surface area (Å²) in [5.41, 5.74) is 1.50. The lowest BCUT2D eigenvalue weighted by Gasteiger charge is -2.33. The Bertz CT molecular complexity index is 858. The van der Waals surface area contributed by atoms with Crippen molar-refractivity contribution in [1.29, 1.82) is 0 Å².